The second kappa shape index (κ2) is 8.46. The number of nitrogens with one attached hydrogen (secondary N) is 1. The number of benzene rings is 2. The Labute approximate surface area is 165 Å². The zero-order chi connectivity index (χ0) is 19.4. The third-order valence-corrected chi connectivity index (χ3v) is 7.39. The topological polar surface area (TPSA) is 66.5 Å². The molecule has 0 aliphatic carbocycles. The number of aryl methyl sites for hydroxylation is 1. The molecule has 0 aromatic heterocycles. The average Bonchev–Trinajstić information content (AvgIpc) is 2.69. The van der Waals surface area contributed by atoms with Crippen LogP contribution in [0.2, 0.25) is 0 Å². The predicted octanol–water partition coefficient (Wildman–Crippen LogP) is 4.14. The van der Waals surface area contributed by atoms with E-state index < -0.39 is 10.0 Å². The first-order valence-electron chi connectivity index (χ1n) is 8.98. The number of carbonyl (C=O) groups is 1. The molecule has 0 radical (unpaired) electrons. The van der Waals surface area contributed by atoms with Crippen molar-refractivity contribution in [2.75, 3.05) is 24.7 Å². The number of anilines is 1. The van der Waals surface area contributed by atoms with Crippen LogP contribution in [0, 0.1) is 6.92 Å². The molecule has 1 N–H and O–H groups in total. The average molecular weight is 405 g/mol. The number of sulfonamides is 1. The fraction of sp³-hybridized carbons (Fsp3) is 0.350. The zero-order valence-electron chi connectivity index (χ0n) is 15.6. The molecule has 0 saturated carbocycles. The minimum absolute atomic E-state index is 0.179. The van der Waals surface area contributed by atoms with Crippen molar-refractivity contribution in [3.8, 4) is 0 Å². The molecule has 2 aromatic rings. The highest BCUT2D eigenvalue weighted by Crippen LogP contribution is 2.24. The summed E-state index contributed by atoms with van der Waals surface area (Å²) in [5.74, 6) is -0.305. The van der Waals surface area contributed by atoms with E-state index in [9.17, 15) is 13.2 Å². The Bertz CT molecular complexity index is 919. The number of carbonyl (C=O) groups excluding carboxylic acids is 1. The van der Waals surface area contributed by atoms with Gasteiger partial charge in [0.05, 0.1) is 4.90 Å². The summed E-state index contributed by atoms with van der Waals surface area (Å²) >= 11 is 1.63. The summed E-state index contributed by atoms with van der Waals surface area (Å²) in [4.78, 5) is 14.0. The Morgan fingerprint density at radius 3 is 2.33 bits per heavy atom. The summed E-state index contributed by atoms with van der Waals surface area (Å²) in [7, 11) is -3.57. The molecule has 5 nitrogen and oxygen atoms in total. The van der Waals surface area contributed by atoms with Crippen molar-refractivity contribution in [1.29, 1.82) is 0 Å². The Kier molecular flexibility index (Phi) is 6.24. The molecule has 1 heterocycles. The molecule has 0 atom stereocenters. The van der Waals surface area contributed by atoms with E-state index in [0.717, 1.165) is 29.7 Å². The third kappa shape index (κ3) is 4.54. The molecular formula is C20H24N2O3S2. The molecule has 27 heavy (non-hydrogen) atoms. The van der Waals surface area contributed by atoms with Crippen molar-refractivity contribution in [3.63, 3.8) is 0 Å². The molecule has 3 rings (SSSR count). The largest absolute Gasteiger partial charge is 0.322 e. The van der Waals surface area contributed by atoms with Gasteiger partial charge in [0.1, 0.15) is 0 Å². The normalized spacial score (nSPS) is 15.5. The van der Waals surface area contributed by atoms with Gasteiger partial charge in [0, 0.05) is 29.2 Å². The monoisotopic (exact) mass is 404 g/mol. The summed E-state index contributed by atoms with van der Waals surface area (Å²) in [6.07, 6.45) is 4.81. The summed E-state index contributed by atoms with van der Waals surface area (Å²) in [6, 6.07) is 12.3. The maximum absolute atomic E-state index is 12.9. The first kappa shape index (κ1) is 19.9. The second-order valence-corrected chi connectivity index (χ2v) is 9.44. The van der Waals surface area contributed by atoms with Gasteiger partial charge < -0.3 is 5.32 Å². The summed E-state index contributed by atoms with van der Waals surface area (Å²) in [5, 5.41) is 2.85. The van der Waals surface area contributed by atoms with Crippen molar-refractivity contribution < 1.29 is 13.2 Å². The Balaban J connectivity index is 1.84. The minimum atomic E-state index is -3.57. The maximum atomic E-state index is 12.9. The number of thioether (sulfide) groups is 1. The molecule has 0 bridgehead atoms. The van der Waals surface area contributed by atoms with E-state index in [2.05, 4.69) is 5.32 Å². The van der Waals surface area contributed by atoms with E-state index >= 15 is 0 Å². The number of rotatable bonds is 5. The Hall–Kier alpha value is -1.83. The van der Waals surface area contributed by atoms with E-state index in [1.54, 1.807) is 23.9 Å². The number of amides is 1. The lowest BCUT2D eigenvalue weighted by atomic mass is 10.1. The molecule has 1 aliphatic rings. The molecule has 7 heteroatoms. The van der Waals surface area contributed by atoms with Crippen molar-refractivity contribution in [2.24, 2.45) is 0 Å². The summed E-state index contributed by atoms with van der Waals surface area (Å²) in [5.41, 5.74) is 1.80. The van der Waals surface area contributed by atoms with Gasteiger partial charge in [0.15, 0.2) is 0 Å². The Morgan fingerprint density at radius 2 is 1.70 bits per heavy atom. The standard InChI is InChI=1S/C20H24N2O3S2/c1-15-6-11-18(27(24,25)22-12-4-3-5-13-22)14-19(15)20(23)21-16-7-9-17(26-2)10-8-16/h6-11,14H,3-5,12-13H2,1-2H3,(H,21,23). The van der Waals surface area contributed by atoms with Crippen molar-refractivity contribution in [1.82, 2.24) is 4.31 Å². The van der Waals surface area contributed by atoms with E-state index in [-0.39, 0.29) is 10.8 Å². The maximum Gasteiger partial charge on any atom is 0.255 e. The van der Waals surface area contributed by atoms with Crippen LogP contribution in [-0.2, 0) is 10.0 Å². The van der Waals surface area contributed by atoms with Crippen LogP contribution in [0.1, 0.15) is 35.2 Å². The van der Waals surface area contributed by atoms with E-state index in [1.165, 1.54) is 10.4 Å². The minimum Gasteiger partial charge on any atom is -0.322 e. The summed E-state index contributed by atoms with van der Waals surface area (Å²) in [6.45, 7) is 2.89. The van der Waals surface area contributed by atoms with Crippen molar-refractivity contribution in [2.45, 2.75) is 36.0 Å². The fourth-order valence-corrected chi connectivity index (χ4v) is 5.09. The molecular weight excluding hydrogens is 380 g/mol. The third-order valence-electron chi connectivity index (χ3n) is 4.75. The highest BCUT2D eigenvalue weighted by Gasteiger charge is 2.27. The van der Waals surface area contributed by atoms with Crippen LogP contribution in [0.3, 0.4) is 0 Å². The molecule has 1 amide bonds. The highest BCUT2D eigenvalue weighted by molar-refractivity contribution is 7.98. The van der Waals surface area contributed by atoms with Gasteiger partial charge in [-0.1, -0.05) is 12.5 Å². The summed E-state index contributed by atoms with van der Waals surface area (Å²) < 4.78 is 27.3. The first-order chi connectivity index (χ1) is 12.9. The van der Waals surface area contributed by atoms with Crippen LogP contribution in [0.15, 0.2) is 52.3 Å². The number of nitrogens with zero attached hydrogens (tertiary/aromatic N) is 1. The van der Waals surface area contributed by atoms with Gasteiger partial charge in [0.2, 0.25) is 10.0 Å². The first-order valence-corrected chi connectivity index (χ1v) is 11.6. The van der Waals surface area contributed by atoms with Crippen LogP contribution in [-0.4, -0.2) is 38.0 Å². The number of piperidine rings is 1. The zero-order valence-corrected chi connectivity index (χ0v) is 17.2. The van der Waals surface area contributed by atoms with Crippen LogP contribution in [0.25, 0.3) is 0 Å². The lowest BCUT2D eigenvalue weighted by Crippen LogP contribution is -2.35. The molecule has 144 valence electrons. The number of hydrogen-bond donors (Lipinski definition) is 1. The van der Waals surface area contributed by atoms with E-state index in [4.69, 9.17) is 0 Å². The smallest absolute Gasteiger partial charge is 0.255 e. The highest BCUT2D eigenvalue weighted by atomic mass is 32.2. The van der Waals surface area contributed by atoms with Gasteiger partial charge in [-0.15, -0.1) is 11.8 Å². The molecule has 1 aliphatic heterocycles. The van der Waals surface area contributed by atoms with Crippen LogP contribution >= 0.6 is 11.8 Å². The van der Waals surface area contributed by atoms with E-state index in [1.807, 2.05) is 37.4 Å². The molecule has 0 unspecified atom stereocenters. The van der Waals surface area contributed by atoms with Crippen LogP contribution in [0.5, 0.6) is 0 Å². The van der Waals surface area contributed by atoms with Gasteiger partial charge >= 0.3 is 0 Å². The van der Waals surface area contributed by atoms with Gasteiger partial charge in [-0.3, -0.25) is 4.79 Å². The molecule has 0 spiro atoms. The molecule has 1 fully saturated rings. The van der Waals surface area contributed by atoms with Gasteiger partial charge in [-0.2, -0.15) is 4.31 Å². The Morgan fingerprint density at radius 1 is 1.04 bits per heavy atom. The van der Waals surface area contributed by atoms with Crippen molar-refractivity contribution >= 4 is 33.4 Å². The molecule has 2 aromatic carbocycles. The molecule has 1 saturated heterocycles. The quantitative estimate of drug-likeness (QED) is 0.761. The SMILES string of the molecule is CSc1ccc(NC(=O)c2cc(S(=O)(=O)N3CCCCC3)ccc2C)cc1. The van der Waals surface area contributed by atoms with Crippen LogP contribution in [0.4, 0.5) is 5.69 Å². The lowest BCUT2D eigenvalue weighted by molar-refractivity contribution is 0.102. The van der Waals surface area contributed by atoms with Gasteiger partial charge in [-0.05, 0) is 68.0 Å². The lowest BCUT2D eigenvalue weighted by Gasteiger charge is -2.26. The predicted molar refractivity (Wildman–Crippen MR) is 110 cm³/mol. The second-order valence-electron chi connectivity index (χ2n) is 6.62. The fourth-order valence-electron chi connectivity index (χ4n) is 3.13. The number of hydrogen-bond acceptors (Lipinski definition) is 4. The van der Waals surface area contributed by atoms with Gasteiger partial charge in [-0.25, -0.2) is 8.42 Å². The van der Waals surface area contributed by atoms with E-state index in [0.29, 0.717) is 24.3 Å². The van der Waals surface area contributed by atoms with Crippen molar-refractivity contribution in [3.05, 3.63) is 53.6 Å². The van der Waals surface area contributed by atoms with Gasteiger partial charge in [0.25, 0.3) is 5.91 Å². The van der Waals surface area contributed by atoms with Crippen LogP contribution < -0.4 is 5.32 Å².